The van der Waals surface area contributed by atoms with Crippen molar-refractivity contribution in [3.05, 3.63) is 24.1 Å². The van der Waals surface area contributed by atoms with Gasteiger partial charge in [-0.25, -0.2) is 35.7 Å². The van der Waals surface area contributed by atoms with Crippen LogP contribution in [0.1, 0.15) is 6.92 Å². The SMILES string of the molecule is CCNS(=O)(=O)CCNS(=O)(=O)c1ncccc1F. The lowest BCUT2D eigenvalue weighted by Gasteiger charge is -2.07. The van der Waals surface area contributed by atoms with E-state index in [9.17, 15) is 21.2 Å². The second-order valence-corrected chi connectivity index (χ2v) is 7.11. The molecule has 108 valence electrons. The van der Waals surface area contributed by atoms with Crippen LogP contribution in [0.3, 0.4) is 0 Å². The Morgan fingerprint density at radius 3 is 2.53 bits per heavy atom. The standard InChI is InChI=1S/C9H14FN3O4S2/c1-2-12-18(14,15)7-6-13-19(16,17)9-8(10)4-3-5-11-9/h3-5,12-13H,2,6-7H2,1H3. The van der Waals surface area contributed by atoms with Crippen LogP contribution in [0.15, 0.2) is 23.4 Å². The lowest BCUT2D eigenvalue weighted by Crippen LogP contribution is -2.34. The minimum absolute atomic E-state index is 0.212. The van der Waals surface area contributed by atoms with Crippen LogP contribution in [0.25, 0.3) is 0 Å². The van der Waals surface area contributed by atoms with Crippen molar-refractivity contribution in [2.45, 2.75) is 11.9 Å². The Hall–Kier alpha value is -1.10. The summed E-state index contributed by atoms with van der Waals surface area (Å²) < 4.78 is 63.3. The third-order valence-electron chi connectivity index (χ3n) is 2.01. The first-order valence-electron chi connectivity index (χ1n) is 5.36. The molecule has 1 aromatic rings. The van der Waals surface area contributed by atoms with E-state index in [-0.39, 0.29) is 13.1 Å². The van der Waals surface area contributed by atoms with Gasteiger partial charge in [-0.05, 0) is 12.1 Å². The number of pyridine rings is 1. The van der Waals surface area contributed by atoms with E-state index in [1.807, 2.05) is 4.72 Å². The molecule has 0 spiro atoms. The Balaban J connectivity index is 2.70. The van der Waals surface area contributed by atoms with Gasteiger partial charge in [-0.2, -0.15) is 0 Å². The first kappa shape index (κ1) is 16.0. The number of hydrogen-bond donors (Lipinski definition) is 2. The van der Waals surface area contributed by atoms with Gasteiger partial charge in [0.15, 0.2) is 5.82 Å². The maximum atomic E-state index is 13.3. The third kappa shape index (κ3) is 4.82. The molecule has 0 bridgehead atoms. The zero-order chi connectivity index (χ0) is 14.5. The van der Waals surface area contributed by atoms with Crippen LogP contribution < -0.4 is 9.44 Å². The van der Waals surface area contributed by atoms with Crippen LogP contribution in [-0.2, 0) is 20.0 Å². The second-order valence-electron chi connectivity index (χ2n) is 3.50. The molecule has 0 saturated carbocycles. The largest absolute Gasteiger partial charge is 0.261 e. The molecule has 0 saturated heterocycles. The number of rotatable bonds is 7. The first-order chi connectivity index (χ1) is 8.78. The van der Waals surface area contributed by atoms with Crippen molar-refractivity contribution in [1.82, 2.24) is 14.4 Å². The number of nitrogens with zero attached hydrogens (tertiary/aromatic N) is 1. The van der Waals surface area contributed by atoms with Crippen LogP contribution in [0, 0.1) is 5.82 Å². The first-order valence-corrected chi connectivity index (χ1v) is 8.49. The van der Waals surface area contributed by atoms with Crippen LogP contribution in [0.2, 0.25) is 0 Å². The van der Waals surface area contributed by atoms with E-state index < -0.39 is 36.6 Å². The van der Waals surface area contributed by atoms with Gasteiger partial charge in [0.25, 0.3) is 10.0 Å². The monoisotopic (exact) mass is 311 g/mol. The number of halogens is 1. The lowest BCUT2D eigenvalue weighted by atomic mass is 10.5. The predicted octanol–water partition coefficient (Wildman–Crippen LogP) is -0.562. The average Bonchev–Trinajstić information content (AvgIpc) is 2.28. The summed E-state index contributed by atoms with van der Waals surface area (Å²) in [6, 6.07) is 2.21. The molecule has 10 heteroatoms. The highest BCUT2D eigenvalue weighted by Crippen LogP contribution is 2.09. The fraction of sp³-hybridized carbons (Fsp3) is 0.444. The fourth-order valence-electron chi connectivity index (χ4n) is 1.24. The molecular weight excluding hydrogens is 297 g/mol. The number of nitrogens with one attached hydrogen (secondary N) is 2. The molecule has 0 aliphatic rings. The normalized spacial score (nSPS) is 12.5. The summed E-state index contributed by atoms with van der Waals surface area (Å²) in [7, 11) is -7.69. The van der Waals surface area contributed by atoms with Crippen molar-refractivity contribution in [3.8, 4) is 0 Å². The summed E-state index contributed by atoms with van der Waals surface area (Å²) in [5.41, 5.74) is 0. The fourth-order valence-corrected chi connectivity index (χ4v) is 3.36. The number of hydrogen-bond acceptors (Lipinski definition) is 5. The van der Waals surface area contributed by atoms with Gasteiger partial charge in [-0.15, -0.1) is 0 Å². The molecule has 0 amide bonds. The summed E-state index contributed by atoms with van der Waals surface area (Å²) in [6.45, 7) is 1.45. The Morgan fingerprint density at radius 1 is 1.26 bits per heavy atom. The van der Waals surface area contributed by atoms with Crippen LogP contribution in [0.4, 0.5) is 4.39 Å². The average molecular weight is 311 g/mol. The van der Waals surface area contributed by atoms with E-state index >= 15 is 0 Å². The highest BCUT2D eigenvalue weighted by molar-refractivity contribution is 7.90. The molecule has 1 aromatic heterocycles. The minimum Gasteiger partial charge on any atom is -0.241 e. The van der Waals surface area contributed by atoms with Gasteiger partial charge in [0.1, 0.15) is 0 Å². The molecule has 19 heavy (non-hydrogen) atoms. The summed E-state index contributed by atoms with van der Waals surface area (Å²) in [5.74, 6) is -1.43. The molecule has 0 radical (unpaired) electrons. The maximum Gasteiger partial charge on any atom is 0.261 e. The zero-order valence-electron chi connectivity index (χ0n) is 10.1. The van der Waals surface area contributed by atoms with Crippen molar-refractivity contribution < 1.29 is 21.2 Å². The summed E-state index contributed by atoms with van der Waals surface area (Å²) in [6.07, 6.45) is 1.13. The number of aromatic nitrogens is 1. The van der Waals surface area contributed by atoms with Gasteiger partial charge in [-0.3, -0.25) is 0 Å². The Labute approximate surface area is 111 Å². The zero-order valence-corrected chi connectivity index (χ0v) is 11.8. The van der Waals surface area contributed by atoms with Gasteiger partial charge in [-0.1, -0.05) is 6.92 Å². The molecule has 1 rings (SSSR count). The van der Waals surface area contributed by atoms with Crippen molar-refractivity contribution in [2.24, 2.45) is 0 Å². The Morgan fingerprint density at radius 2 is 1.95 bits per heavy atom. The molecule has 2 N–H and O–H groups in total. The molecule has 0 unspecified atom stereocenters. The Kier molecular flexibility index (Phi) is 5.35. The van der Waals surface area contributed by atoms with Gasteiger partial charge in [0, 0.05) is 19.3 Å². The van der Waals surface area contributed by atoms with Crippen molar-refractivity contribution >= 4 is 20.0 Å². The quantitative estimate of drug-likeness (QED) is 0.702. The molecule has 0 fully saturated rings. The van der Waals surface area contributed by atoms with Crippen molar-refractivity contribution in [3.63, 3.8) is 0 Å². The Bertz CT molecular complexity index is 631. The van der Waals surface area contributed by atoms with Crippen LogP contribution in [-0.4, -0.2) is 40.7 Å². The number of sulfonamides is 2. The van der Waals surface area contributed by atoms with E-state index in [2.05, 4.69) is 9.71 Å². The molecular formula is C9H14FN3O4S2. The smallest absolute Gasteiger partial charge is 0.241 e. The lowest BCUT2D eigenvalue weighted by molar-refractivity contribution is 0.545. The van der Waals surface area contributed by atoms with Gasteiger partial charge < -0.3 is 0 Å². The van der Waals surface area contributed by atoms with Gasteiger partial charge >= 0.3 is 0 Å². The molecule has 1 heterocycles. The maximum absolute atomic E-state index is 13.3. The van der Waals surface area contributed by atoms with E-state index in [1.165, 1.54) is 6.07 Å². The predicted molar refractivity (Wildman–Crippen MR) is 66.8 cm³/mol. The topological polar surface area (TPSA) is 105 Å². The van der Waals surface area contributed by atoms with Gasteiger partial charge in [0.2, 0.25) is 15.0 Å². The van der Waals surface area contributed by atoms with E-state index in [0.717, 1.165) is 12.3 Å². The molecule has 0 aliphatic carbocycles. The summed E-state index contributed by atoms with van der Waals surface area (Å²) in [4.78, 5) is 3.41. The van der Waals surface area contributed by atoms with Crippen LogP contribution in [0.5, 0.6) is 0 Å². The van der Waals surface area contributed by atoms with Crippen molar-refractivity contribution in [2.75, 3.05) is 18.8 Å². The summed E-state index contributed by atoms with van der Waals surface area (Å²) in [5, 5.41) is -0.754. The van der Waals surface area contributed by atoms with Gasteiger partial charge in [0.05, 0.1) is 5.75 Å². The molecule has 7 nitrogen and oxygen atoms in total. The molecule has 0 aliphatic heterocycles. The highest BCUT2D eigenvalue weighted by atomic mass is 32.2. The van der Waals surface area contributed by atoms with Crippen LogP contribution >= 0.6 is 0 Å². The van der Waals surface area contributed by atoms with E-state index in [4.69, 9.17) is 0 Å². The second kappa shape index (κ2) is 6.37. The molecule has 0 atom stereocenters. The van der Waals surface area contributed by atoms with Crippen molar-refractivity contribution in [1.29, 1.82) is 0 Å². The highest BCUT2D eigenvalue weighted by Gasteiger charge is 2.20. The van der Waals surface area contributed by atoms with E-state index in [0.29, 0.717) is 0 Å². The third-order valence-corrected chi connectivity index (χ3v) is 4.87. The minimum atomic E-state index is -4.16. The summed E-state index contributed by atoms with van der Waals surface area (Å²) >= 11 is 0. The van der Waals surface area contributed by atoms with E-state index in [1.54, 1.807) is 6.92 Å². The molecule has 0 aromatic carbocycles.